The minimum Gasteiger partial charge on any atom is -0.378 e. The molecule has 0 aliphatic carbocycles. The van der Waals surface area contributed by atoms with Gasteiger partial charge in [0.2, 0.25) is 0 Å². The van der Waals surface area contributed by atoms with E-state index in [0.717, 1.165) is 18.6 Å². The quantitative estimate of drug-likeness (QED) is 0.908. The highest BCUT2D eigenvalue weighted by Gasteiger charge is 2.30. The molecule has 0 spiro atoms. The number of benzene rings is 1. The fourth-order valence-electron chi connectivity index (χ4n) is 2.19. The van der Waals surface area contributed by atoms with Gasteiger partial charge in [-0.25, -0.2) is 4.39 Å². The number of hydrogen-bond acceptors (Lipinski definition) is 2. The average Bonchev–Trinajstić information content (AvgIpc) is 2.67. The first-order chi connectivity index (χ1) is 7.59. The normalized spacial score (nSPS) is 27.0. The van der Waals surface area contributed by atoms with E-state index in [4.69, 9.17) is 10.5 Å². The van der Waals surface area contributed by atoms with Crippen LogP contribution in [-0.2, 0) is 4.74 Å². The summed E-state index contributed by atoms with van der Waals surface area (Å²) in [4.78, 5) is 0. The van der Waals surface area contributed by atoms with Crippen molar-refractivity contribution < 1.29 is 9.13 Å². The molecule has 1 aromatic carbocycles. The van der Waals surface area contributed by atoms with Crippen molar-refractivity contribution >= 4 is 15.9 Å². The van der Waals surface area contributed by atoms with Crippen molar-refractivity contribution in [2.45, 2.75) is 25.5 Å². The Bertz CT molecular complexity index is 385. The van der Waals surface area contributed by atoms with Crippen LogP contribution in [0, 0.1) is 11.7 Å². The van der Waals surface area contributed by atoms with Gasteiger partial charge in [0.1, 0.15) is 5.82 Å². The van der Waals surface area contributed by atoms with Crippen LogP contribution in [0.5, 0.6) is 0 Å². The summed E-state index contributed by atoms with van der Waals surface area (Å²) in [5.41, 5.74) is 7.14. The summed E-state index contributed by atoms with van der Waals surface area (Å²) in [5, 5.41) is 0. The van der Waals surface area contributed by atoms with Crippen LogP contribution < -0.4 is 5.73 Å². The van der Waals surface area contributed by atoms with Crippen molar-refractivity contribution in [1.82, 2.24) is 0 Å². The zero-order valence-corrected chi connectivity index (χ0v) is 10.7. The second kappa shape index (κ2) is 4.82. The summed E-state index contributed by atoms with van der Waals surface area (Å²) in [6, 6.07) is 4.86. The van der Waals surface area contributed by atoms with E-state index in [1.54, 1.807) is 12.1 Å². The summed E-state index contributed by atoms with van der Waals surface area (Å²) >= 11 is 3.18. The van der Waals surface area contributed by atoms with E-state index in [0.29, 0.717) is 10.4 Å². The lowest BCUT2D eigenvalue weighted by Gasteiger charge is -2.22. The van der Waals surface area contributed by atoms with E-state index in [2.05, 4.69) is 15.9 Å². The largest absolute Gasteiger partial charge is 0.378 e. The number of hydrogen-bond donors (Lipinski definition) is 1. The van der Waals surface area contributed by atoms with Crippen molar-refractivity contribution in [2.75, 3.05) is 6.61 Å². The van der Waals surface area contributed by atoms with E-state index < -0.39 is 0 Å². The molecule has 2 nitrogen and oxygen atoms in total. The Morgan fingerprint density at radius 3 is 2.88 bits per heavy atom. The Morgan fingerprint density at radius 1 is 1.56 bits per heavy atom. The molecule has 0 saturated carbocycles. The van der Waals surface area contributed by atoms with Crippen molar-refractivity contribution in [2.24, 2.45) is 11.7 Å². The standard InChI is InChI=1S/C12H15BrFNO/c1-7-9(4-5-16-7)12(15)8-2-3-11(14)10(13)6-8/h2-3,6-7,9,12H,4-5,15H2,1H3. The minimum atomic E-state index is -0.258. The molecule has 3 unspecified atom stereocenters. The van der Waals surface area contributed by atoms with Crippen LogP contribution in [0.1, 0.15) is 24.9 Å². The van der Waals surface area contributed by atoms with Crippen molar-refractivity contribution in [1.29, 1.82) is 0 Å². The van der Waals surface area contributed by atoms with Crippen LogP contribution in [0.25, 0.3) is 0 Å². The first-order valence-electron chi connectivity index (χ1n) is 5.41. The Morgan fingerprint density at radius 2 is 2.31 bits per heavy atom. The molecular weight excluding hydrogens is 273 g/mol. The predicted molar refractivity (Wildman–Crippen MR) is 64.5 cm³/mol. The third kappa shape index (κ3) is 2.29. The van der Waals surface area contributed by atoms with Crippen LogP contribution in [0.4, 0.5) is 4.39 Å². The predicted octanol–water partition coefficient (Wildman–Crippen LogP) is 3.01. The molecule has 1 aliphatic heterocycles. The highest BCUT2D eigenvalue weighted by Crippen LogP contribution is 2.32. The van der Waals surface area contributed by atoms with E-state index >= 15 is 0 Å². The molecule has 2 rings (SSSR count). The molecule has 1 aromatic rings. The molecule has 3 atom stereocenters. The first kappa shape index (κ1) is 12.0. The van der Waals surface area contributed by atoms with Crippen molar-refractivity contribution in [3.8, 4) is 0 Å². The fraction of sp³-hybridized carbons (Fsp3) is 0.500. The molecule has 0 aromatic heterocycles. The molecule has 0 amide bonds. The van der Waals surface area contributed by atoms with Gasteiger partial charge in [-0.2, -0.15) is 0 Å². The average molecular weight is 288 g/mol. The van der Waals surface area contributed by atoms with Gasteiger partial charge in [-0.3, -0.25) is 0 Å². The Hall–Kier alpha value is -0.450. The summed E-state index contributed by atoms with van der Waals surface area (Å²) in [5.74, 6) is 0.0593. The maximum absolute atomic E-state index is 13.1. The van der Waals surface area contributed by atoms with Gasteiger partial charge in [0, 0.05) is 18.6 Å². The minimum absolute atomic E-state index is 0.0885. The molecule has 2 N–H and O–H groups in total. The van der Waals surface area contributed by atoms with Gasteiger partial charge >= 0.3 is 0 Å². The summed E-state index contributed by atoms with van der Waals surface area (Å²) in [7, 11) is 0. The van der Waals surface area contributed by atoms with Gasteiger partial charge in [-0.15, -0.1) is 0 Å². The molecule has 1 heterocycles. The highest BCUT2D eigenvalue weighted by atomic mass is 79.9. The van der Waals surface area contributed by atoms with Crippen LogP contribution in [-0.4, -0.2) is 12.7 Å². The van der Waals surface area contributed by atoms with Crippen LogP contribution >= 0.6 is 15.9 Å². The zero-order valence-electron chi connectivity index (χ0n) is 9.12. The topological polar surface area (TPSA) is 35.2 Å². The van der Waals surface area contributed by atoms with Crippen LogP contribution in [0.15, 0.2) is 22.7 Å². The smallest absolute Gasteiger partial charge is 0.137 e. The lowest BCUT2D eigenvalue weighted by atomic mass is 9.89. The van der Waals surface area contributed by atoms with Gasteiger partial charge in [0.25, 0.3) is 0 Å². The van der Waals surface area contributed by atoms with Crippen molar-refractivity contribution in [3.63, 3.8) is 0 Å². The maximum atomic E-state index is 13.1. The first-order valence-corrected chi connectivity index (χ1v) is 6.21. The highest BCUT2D eigenvalue weighted by molar-refractivity contribution is 9.10. The van der Waals surface area contributed by atoms with E-state index in [-0.39, 0.29) is 18.0 Å². The second-order valence-electron chi connectivity index (χ2n) is 4.23. The molecule has 1 saturated heterocycles. The number of rotatable bonds is 2. The van der Waals surface area contributed by atoms with Gasteiger partial charge in [-0.05, 0) is 47.0 Å². The van der Waals surface area contributed by atoms with Gasteiger partial charge in [0.15, 0.2) is 0 Å². The monoisotopic (exact) mass is 287 g/mol. The number of ether oxygens (including phenoxy) is 1. The van der Waals surface area contributed by atoms with Gasteiger partial charge in [0.05, 0.1) is 10.6 Å². The number of halogens is 2. The van der Waals surface area contributed by atoms with Crippen LogP contribution in [0.2, 0.25) is 0 Å². The fourth-order valence-corrected chi connectivity index (χ4v) is 2.58. The van der Waals surface area contributed by atoms with E-state index in [9.17, 15) is 4.39 Å². The molecule has 1 fully saturated rings. The Balaban J connectivity index is 2.20. The lowest BCUT2D eigenvalue weighted by molar-refractivity contribution is 0.0995. The summed E-state index contributed by atoms with van der Waals surface area (Å²) in [6.07, 6.45) is 1.15. The van der Waals surface area contributed by atoms with Crippen LogP contribution in [0.3, 0.4) is 0 Å². The Kier molecular flexibility index (Phi) is 3.62. The van der Waals surface area contributed by atoms with Gasteiger partial charge < -0.3 is 10.5 Å². The van der Waals surface area contributed by atoms with Gasteiger partial charge in [-0.1, -0.05) is 6.07 Å². The molecule has 0 bridgehead atoms. The molecule has 0 radical (unpaired) electrons. The molecule has 16 heavy (non-hydrogen) atoms. The number of nitrogens with two attached hydrogens (primary N) is 1. The van der Waals surface area contributed by atoms with E-state index in [1.807, 2.05) is 6.92 Å². The Labute approximate surface area is 103 Å². The second-order valence-corrected chi connectivity index (χ2v) is 5.08. The molecular formula is C12H15BrFNO. The van der Waals surface area contributed by atoms with Crippen molar-refractivity contribution in [3.05, 3.63) is 34.1 Å². The summed E-state index contributed by atoms with van der Waals surface area (Å²) in [6.45, 7) is 2.80. The summed E-state index contributed by atoms with van der Waals surface area (Å²) < 4.78 is 19.1. The third-order valence-electron chi connectivity index (χ3n) is 3.22. The third-order valence-corrected chi connectivity index (χ3v) is 3.83. The van der Waals surface area contributed by atoms with E-state index in [1.165, 1.54) is 6.07 Å². The molecule has 88 valence electrons. The lowest BCUT2D eigenvalue weighted by Crippen LogP contribution is -2.26. The molecule has 4 heteroatoms. The molecule has 1 aliphatic rings. The SMILES string of the molecule is CC1OCCC1C(N)c1ccc(F)c(Br)c1. The zero-order chi connectivity index (χ0) is 11.7. The maximum Gasteiger partial charge on any atom is 0.137 e.